The van der Waals surface area contributed by atoms with Crippen molar-refractivity contribution in [2.24, 2.45) is 0 Å². The number of nitrogens with zero attached hydrogens (tertiary/aromatic N) is 2. The van der Waals surface area contributed by atoms with Gasteiger partial charge in [-0.1, -0.05) is 12.1 Å². The zero-order chi connectivity index (χ0) is 13.4. The highest BCUT2D eigenvalue weighted by Crippen LogP contribution is 2.25. The van der Waals surface area contributed by atoms with Crippen LogP contribution in [0.4, 0.5) is 5.82 Å². The molecule has 4 N–H and O–H groups in total. The number of benzene rings is 1. The van der Waals surface area contributed by atoms with Gasteiger partial charge in [-0.05, 0) is 23.8 Å². The van der Waals surface area contributed by atoms with E-state index in [0.29, 0.717) is 11.5 Å². The minimum absolute atomic E-state index is 0.234. The lowest BCUT2D eigenvalue weighted by Crippen LogP contribution is -1.95. The standard InChI is InChI=1S/C13H10N4O2/c14-11-10-5-9(6-15-12(10)17-16-11)7-2-1-3-8(4-7)13(18)19/h1-6H,(H,18,19)(H3,14,15,16,17). The Kier molecular flexibility index (Phi) is 2.42. The summed E-state index contributed by atoms with van der Waals surface area (Å²) < 4.78 is 0. The number of aromatic carboxylic acids is 1. The van der Waals surface area contributed by atoms with Crippen LogP contribution in [0.25, 0.3) is 22.2 Å². The van der Waals surface area contributed by atoms with E-state index in [-0.39, 0.29) is 5.56 Å². The minimum atomic E-state index is -0.960. The first-order valence-electron chi connectivity index (χ1n) is 5.58. The minimum Gasteiger partial charge on any atom is -0.478 e. The molecule has 0 aliphatic heterocycles. The molecule has 0 aliphatic carbocycles. The molecule has 0 atom stereocenters. The Balaban J connectivity index is 2.15. The number of carboxylic acids is 1. The smallest absolute Gasteiger partial charge is 0.335 e. The molecule has 3 rings (SSSR count). The maximum absolute atomic E-state index is 11.0. The van der Waals surface area contributed by atoms with Gasteiger partial charge in [0.15, 0.2) is 5.65 Å². The van der Waals surface area contributed by atoms with E-state index in [9.17, 15) is 4.79 Å². The number of hydrogen-bond acceptors (Lipinski definition) is 4. The third-order valence-electron chi connectivity index (χ3n) is 2.88. The van der Waals surface area contributed by atoms with E-state index in [1.807, 2.05) is 12.1 Å². The van der Waals surface area contributed by atoms with Crippen LogP contribution in [0.1, 0.15) is 10.4 Å². The van der Waals surface area contributed by atoms with Crippen LogP contribution >= 0.6 is 0 Å². The van der Waals surface area contributed by atoms with Crippen LogP contribution in [0.3, 0.4) is 0 Å². The molecule has 0 unspecified atom stereocenters. The quantitative estimate of drug-likeness (QED) is 0.647. The molecule has 3 aromatic rings. The topological polar surface area (TPSA) is 105 Å². The van der Waals surface area contributed by atoms with Gasteiger partial charge >= 0.3 is 5.97 Å². The average molecular weight is 254 g/mol. The van der Waals surface area contributed by atoms with Crippen LogP contribution in [0, 0.1) is 0 Å². The van der Waals surface area contributed by atoms with Crippen molar-refractivity contribution in [1.29, 1.82) is 0 Å². The number of hydrogen-bond donors (Lipinski definition) is 3. The molecule has 2 heterocycles. The van der Waals surface area contributed by atoms with Crippen LogP contribution in [0.15, 0.2) is 36.5 Å². The van der Waals surface area contributed by atoms with Crippen molar-refractivity contribution in [3.8, 4) is 11.1 Å². The first-order valence-corrected chi connectivity index (χ1v) is 5.58. The molecule has 0 spiro atoms. The molecule has 6 nitrogen and oxygen atoms in total. The lowest BCUT2D eigenvalue weighted by Gasteiger charge is -2.02. The summed E-state index contributed by atoms with van der Waals surface area (Å²) in [6, 6.07) is 8.50. The Morgan fingerprint density at radius 2 is 2.11 bits per heavy atom. The highest BCUT2D eigenvalue weighted by atomic mass is 16.4. The average Bonchev–Trinajstić information content (AvgIpc) is 2.80. The summed E-state index contributed by atoms with van der Waals surface area (Å²) in [6.45, 7) is 0. The van der Waals surface area contributed by atoms with Gasteiger partial charge in [-0.2, -0.15) is 5.10 Å². The molecule has 0 amide bonds. The Hall–Kier alpha value is -2.89. The molecule has 0 fully saturated rings. The molecule has 0 aliphatic rings. The number of rotatable bonds is 2. The number of H-pyrrole nitrogens is 1. The maximum Gasteiger partial charge on any atom is 0.335 e. The fourth-order valence-corrected chi connectivity index (χ4v) is 1.91. The van der Waals surface area contributed by atoms with Crippen LogP contribution < -0.4 is 5.73 Å². The van der Waals surface area contributed by atoms with Crippen molar-refractivity contribution in [3.05, 3.63) is 42.1 Å². The second-order valence-electron chi connectivity index (χ2n) is 4.12. The number of fused-ring (bicyclic) bond motifs is 1. The molecule has 6 heteroatoms. The number of pyridine rings is 1. The number of aromatic nitrogens is 3. The SMILES string of the molecule is Nc1[nH]nc2ncc(-c3cccc(C(=O)O)c3)cc12. The molecule has 0 bridgehead atoms. The van der Waals surface area contributed by atoms with E-state index in [1.165, 1.54) is 0 Å². The summed E-state index contributed by atoms with van der Waals surface area (Å²) in [5, 5.41) is 16.3. The number of nitrogens with two attached hydrogens (primary N) is 1. The Morgan fingerprint density at radius 1 is 1.26 bits per heavy atom. The summed E-state index contributed by atoms with van der Waals surface area (Å²) in [4.78, 5) is 15.1. The van der Waals surface area contributed by atoms with Gasteiger partial charge in [0, 0.05) is 11.8 Å². The predicted molar refractivity (Wildman–Crippen MR) is 70.7 cm³/mol. The molecular formula is C13H10N4O2. The van der Waals surface area contributed by atoms with Gasteiger partial charge in [0.1, 0.15) is 5.82 Å². The van der Waals surface area contributed by atoms with Gasteiger partial charge in [0.25, 0.3) is 0 Å². The van der Waals surface area contributed by atoms with Crippen LogP contribution in [-0.2, 0) is 0 Å². The summed E-state index contributed by atoms with van der Waals surface area (Å²) >= 11 is 0. The zero-order valence-corrected chi connectivity index (χ0v) is 9.79. The van der Waals surface area contributed by atoms with Gasteiger partial charge in [-0.15, -0.1) is 0 Å². The normalized spacial score (nSPS) is 10.7. The van der Waals surface area contributed by atoms with Crippen molar-refractivity contribution in [2.45, 2.75) is 0 Å². The summed E-state index contributed by atoms with van der Waals surface area (Å²) in [6.07, 6.45) is 1.64. The largest absolute Gasteiger partial charge is 0.478 e. The molecular weight excluding hydrogens is 244 g/mol. The van der Waals surface area contributed by atoms with Crippen LogP contribution in [-0.4, -0.2) is 26.3 Å². The van der Waals surface area contributed by atoms with E-state index >= 15 is 0 Å². The number of carboxylic acid groups (broad SMARTS) is 1. The van der Waals surface area contributed by atoms with Gasteiger partial charge < -0.3 is 10.8 Å². The molecule has 0 saturated carbocycles. The lowest BCUT2D eigenvalue weighted by atomic mass is 10.0. The van der Waals surface area contributed by atoms with E-state index in [1.54, 1.807) is 24.4 Å². The molecule has 0 radical (unpaired) electrons. The Labute approximate surface area is 107 Å². The molecule has 94 valence electrons. The van der Waals surface area contributed by atoms with Crippen molar-refractivity contribution in [1.82, 2.24) is 15.2 Å². The third-order valence-corrected chi connectivity index (χ3v) is 2.88. The second-order valence-corrected chi connectivity index (χ2v) is 4.12. The number of aromatic amines is 1. The first kappa shape index (κ1) is 11.2. The van der Waals surface area contributed by atoms with Gasteiger partial charge in [-0.25, -0.2) is 9.78 Å². The van der Waals surface area contributed by atoms with Crippen molar-refractivity contribution < 1.29 is 9.90 Å². The number of carbonyl (C=O) groups is 1. The predicted octanol–water partition coefficient (Wildman–Crippen LogP) is 1.91. The Morgan fingerprint density at radius 3 is 2.89 bits per heavy atom. The zero-order valence-electron chi connectivity index (χ0n) is 9.79. The van der Waals surface area contributed by atoms with E-state index in [4.69, 9.17) is 10.8 Å². The summed E-state index contributed by atoms with van der Waals surface area (Å²) in [5.74, 6) is -0.516. The third kappa shape index (κ3) is 1.89. The highest BCUT2D eigenvalue weighted by molar-refractivity contribution is 5.92. The maximum atomic E-state index is 11.0. The van der Waals surface area contributed by atoms with E-state index in [0.717, 1.165) is 16.5 Å². The van der Waals surface area contributed by atoms with Crippen LogP contribution in [0.5, 0.6) is 0 Å². The number of anilines is 1. The van der Waals surface area contributed by atoms with Gasteiger partial charge in [0.2, 0.25) is 0 Å². The van der Waals surface area contributed by atoms with Crippen molar-refractivity contribution in [3.63, 3.8) is 0 Å². The monoisotopic (exact) mass is 254 g/mol. The number of nitrogens with one attached hydrogen (secondary N) is 1. The van der Waals surface area contributed by atoms with Gasteiger partial charge in [-0.3, -0.25) is 5.10 Å². The van der Waals surface area contributed by atoms with E-state index in [2.05, 4.69) is 15.2 Å². The fraction of sp³-hybridized carbons (Fsp3) is 0. The lowest BCUT2D eigenvalue weighted by molar-refractivity contribution is 0.0697. The van der Waals surface area contributed by atoms with Gasteiger partial charge in [0.05, 0.1) is 10.9 Å². The molecule has 0 saturated heterocycles. The highest BCUT2D eigenvalue weighted by Gasteiger charge is 2.08. The summed E-state index contributed by atoms with van der Waals surface area (Å²) in [5.41, 5.74) is 8.09. The van der Waals surface area contributed by atoms with Crippen LogP contribution in [0.2, 0.25) is 0 Å². The van der Waals surface area contributed by atoms with Crippen molar-refractivity contribution in [2.75, 3.05) is 5.73 Å². The summed E-state index contributed by atoms with van der Waals surface area (Å²) in [7, 11) is 0. The number of nitrogen functional groups attached to an aromatic ring is 1. The Bertz CT molecular complexity index is 779. The second kappa shape index (κ2) is 4.09. The van der Waals surface area contributed by atoms with E-state index < -0.39 is 5.97 Å². The fourth-order valence-electron chi connectivity index (χ4n) is 1.91. The van der Waals surface area contributed by atoms with Crippen molar-refractivity contribution >= 4 is 22.8 Å². The first-order chi connectivity index (χ1) is 9.15. The molecule has 1 aromatic carbocycles. The molecule has 2 aromatic heterocycles. The molecule has 19 heavy (non-hydrogen) atoms.